The molecule has 1 fully saturated rings. The van der Waals surface area contributed by atoms with Gasteiger partial charge in [0.05, 0.1) is 11.3 Å². The molecule has 0 saturated carbocycles. The number of aromatic nitrogens is 1. The number of hydrogen-bond donors (Lipinski definition) is 1. The molecule has 0 spiro atoms. The number of carbonyl (C=O) groups is 2. The summed E-state index contributed by atoms with van der Waals surface area (Å²) in [6.45, 7) is 11.5. The third-order valence-electron chi connectivity index (χ3n) is 4.55. The van der Waals surface area contributed by atoms with Crippen molar-refractivity contribution in [3.63, 3.8) is 0 Å². The maximum atomic E-state index is 12.5. The van der Waals surface area contributed by atoms with Crippen LogP contribution >= 0.6 is 0 Å². The van der Waals surface area contributed by atoms with Crippen molar-refractivity contribution in [2.24, 2.45) is 5.92 Å². The first kappa shape index (κ1) is 19.4. The molecule has 1 aliphatic rings. The Balaban J connectivity index is 2.11. The van der Waals surface area contributed by atoms with Crippen LogP contribution in [0, 0.1) is 12.8 Å². The average molecular weight is 345 g/mol. The monoisotopic (exact) mass is 345 g/mol. The van der Waals surface area contributed by atoms with Gasteiger partial charge < -0.3 is 10.2 Å². The molecule has 2 heterocycles. The van der Waals surface area contributed by atoms with Gasteiger partial charge in [-0.3, -0.25) is 14.6 Å². The summed E-state index contributed by atoms with van der Waals surface area (Å²) >= 11 is 0. The van der Waals surface area contributed by atoms with Crippen LogP contribution in [-0.4, -0.2) is 40.8 Å². The number of carbonyl (C=O) groups excluding carboxylic acids is 2. The minimum Gasteiger partial charge on any atom is -0.350 e. The molecule has 0 bridgehead atoms. The third-order valence-corrected chi connectivity index (χ3v) is 4.55. The highest BCUT2D eigenvalue weighted by molar-refractivity contribution is 5.95. The lowest BCUT2D eigenvalue weighted by Crippen LogP contribution is -2.39. The van der Waals surface area contributed by atoms with Crippen LogP contribution in [0.3, 0.4) is 0 Å². The van der Waals surface area contributed by atoms with Gasteiger partial charge in [-0.15, -0.1) is 0 Å². The van der Waals surface area contributed by atoms with E-state index in [0.717, 1.165) is 37.3 Å². The highest BCUT2D eigenvalue weighted by atomic mass is 16.2. The molecule has 138 valence electrons. The largest absolute Gasteiger partial charge is 0.350 e. The molecule has 5 heteroatoms. The maximum Gasteiger partial charge on any atom is 0.253 e. The lowest BCUT2D eigenvalue weighted by atomic mass is 9.89. The van der Waals surface area contributed by atoms with E-state index >= 15 is 0 Å². The highest BCUT2D eigenvalue weighted by Gasteiger charge is 2.28. The zero-order chi connectivity index (χ0) is 18.6. The fourth-order valence-corrected chi connectivity index (χ4v) is 3.30. The summed E-state index contributed by atoms with van der Waals surface area (Å²) in [5.41, 5.74) is 2.48. The minimum absolute atomic E-state index is 0.0594. The molecule has 1 aromatic heterocycles. The van der Waals surface area contributed by atoms with Gasteiger partial charge in [-0.2, -0.15) is 0 Å². The van der Waals surface area contributed by atoms with Crippen LogP contribution in [0.15, 0.2) is 12.1 Å². The van der Waals surface area contributed by atoms with Gasteiger partial charge in [0.25, 0.3) is 5.91 Å². The zero-order valence-corrected chi connectivity index (χ0v) is 16.1. The van der Waals surface area contributed by atoms with E-state index in [9.17, 15) is 9.59 Å². The summed E-state index contributed by atoms with van der Waals surface area (Å²) in [7, 11) is 0. The summed E-state index contributed by atoms with van der Waals surface area (Å²) < 4.78 is 0. The molecule has 1 N–H and O–H groups in total. The quantitative estimate of drug-likeness (QED) is 0.891. The molecule has 5 nitrogen and oxygen atoms in total. The van der Waals surface area contributed by atoms with Gasteiger partial charge in [-0.25, -0.2) is 0 Å². The minimum atomic E-state index is -0.0594. The van der Waals surface area contributed by atoms with Gasteiger partial charge >= 0.3 is 0 Å². The second-order valence-electron chi connectivity index (χ2n) is 7.77. The summed E-state index contributed by atoms with van der Waals surface area (Å²) in [4.78, 5) is 31.4. The molecular formula is C20H31N3O2. The van der Waals surface area contributed by atoms with Crippen LogP contribution in [0.4, 0.5) is 0 Å². The summed E-state index contributed by atoms with van der Waals surface area (Å²) in [5, 5.41) is 2.96. The number of pyridine rings is 1. The van der Waals surface area contributed by atoms with Crippen molar-refractivity contribution in [1.29, 1.82) is 0 Å². The van der Waals surface area contributed by atoms with Crippen molar-refractivity contribution < 1.29 is 9.59 Å². The Bertz CT molecular complexity index is 617. The molecule has 2 rings (SSSR count). The van der Waals surface area contributed by atoms with Gasteiger partial charge in [0, 0.05) is 37.2 Å². The van der Waals surface area contributed by atoms with Crippen LogP contribution in [0.2, 0.25) is 0 Å². The van der Waals surface area contributed by atoms with Crippen molar-refractivity contribution in [2.75, 3.05) is 13.1 Å². The van der Waals surface area contributed by atoms with Crippen molar-refractivity contribution >= 4 is 11.8 Å². The topological polar surface area (TPSA) is 62.3 Å². The van der Waals surface area contributed by atoms with E-state index in [4.69, 9.17) is 0 Å². The number of amides is 2. The first-order chi connectivity index (χ1) is 11.8. The predicted octanol–water partition coefficient (Wildman–Crippen LogP) is 3.28. The Kier molecular flexibility index (Phi) is 6.57. The standard InChI is InChI=1S/C20H31N3O2/c1-13(2)12-18(24)23-10-8-16(9-11-23)19-17(7-6-15(5)22-19)20(25)21-14(3)4/h6-7,13-14,16H,8-12H2,1-5H3,(H,21,25). The molecule has 1 aliphatic heterocycles. The van der Waals surface area contributed by atoms with E-state index in [0.29, 0.717) is 17.9 Å². The number of piperidine rings is 1. The number of nitrogens with zero attached hydrogens (tertiary/aromatic N) is 2. The molecule has 0 atom stereocenters. The summed E-state index contributed by atoms with van der Waals surface area (Å²) in [5.74, 6) is 0.796. The predicted molar refractivity (Wildman–Crippen MR) is 99.6 cm³/mol. The van der Waals surface area contributed by atoms with E-state index in [1.807, 2.05) is 37.8 Å². The fraction of sp³-hybridized carbons (Fsp3) is 0.650. The molecule has 1 saturated heterocycles. The molecule has 0 unspecified atom stereocenters. The average Bonchev–Trinajstić information content (AvgIpc) is 2.53. The molecular weight excluding hydrogens is 314 g/mol. The van der Waals surface area contributed by atoms with Gasteiger partial charge in [0.1, 0.15) is 0 Å². The Labute approximate surface area is 151 Å². The van der Waals surface area contributed by atoms with Crippen LogP contribution in [0.5, 0.6) is 0 Å². The third kappa shape index (κ3) is 5.28. The van der Waals surface area contributed by atoms with E-state index in [-0.39, 0.29) is 23.8 Å². The van der Waals surface area contributed by atoms with Gasteiger partial charge in [0.15, 0.2) is 0 Å². The molecule has 25 heavy (non-hydrogen) atoms. The van der Waals surface area contributed by atoms with Gasteiger partial charge in [-0.1, -0.05) is 13.8 Å². The molecule has 0 aromatic carbocycles. The lowest BCUT2D eigenvalue weighted by Gasteiger charge is -2.33. The van der Waals surface area contributed by atoms with E-state index in [1.165, 1.54) is 0 Å². The number of aryl methyl sites for hydroxylation is 1. The van der Waals surface area contributed by atoms with Crippen molar-refractivity contribution in [1.82, 2.24) is 15.2 Å². The molecule has 0 aliphatic carbocycles. The molecule has 1 aromatic rings. The van der Waals surface area contributed by atoms with Gasteiger partial charge in [0.2, 0.25) is 5.91 Å². The van der Waals surface area contributed by atoms with Crippen LogP contribution in [0.1, 0.15) is 74.6 Å². The summed E-state index contributed by atoms with van der Waals surface area (Å²) in [6, 6.07) is 3.86. The molecule has 2 amide bonds. The number of hydrogen-bond acceptors (Lipinski definition) is 3. The number of likely N-dealkylation sites (tertiary alicyclic amines) is 1. The Hall–Kier alpha value is -1.91. The Morgan fingerprint density at radius 2 is 1.84 bits per heavy atom. The summed E-state index contributed by atoms with van der Waals surface area (Å²) in [6.07, 6.45) is 2.33. The maximum absolute atomic E-state index is 12.5. The van der Waals surface area contributed by atoms with Crippen LogP contribution < -0.4 is 5.32 Å². The highest BCUT2D eigenvalue weighted by Crippen LogP contribution is 2.30. The second-order valence-corrected chi connectivity index (χ2v) is 7.77. The zero-order valence-electron chi connectivity index (χ0n) is 16.1. The fourth-order valence-electron chi connectivity index (χ4n) is 3.30. The normalized spacial score (nSPS) is 15.7. The smallest absolute Gasteiger partial charge is 0.253 e. The van der Waals surface area contributed by atoms with Gasteiger partial charge in [-0.05, 0) is 51.7 Å². The number of nitrogens with one attached hydrogen (secondary N) is 1. The Morgan fingerprint density at radius 1 is 1.20 bits per heavy atom. The Morgan fingerprint density at radius 3 is 2.40 bits per heavy atom. The van der Waals surface area contributed by atoms with E-state index in [2.05, 4.69) is 24.1 Å². The SMILES string of the molecule is Cc1ccc(C(=O)NC(C)C)c(C2CCN(C(=O)CC(C)C)CC2)n1. The first-order valence-electron chi connectivity index (χ1n) is 9.34. The first-order valence-corrected chi connectivity index (χ1v) is 9.34. The van der Waals surface area contributed by atoms with E-state index in [1.54, 1.807) is 0 Å². The second kappa shape index (κ2) is 8.45. The van der Waals surface area contributed by atoms with Crippen LogP contribution in [0.25, 0.3) is 0 Å². The van der Waals surface area contributed by atoms with E-state index < -0.39 is 0 Å². The van der Waals surface area contributed by atoms with Crippen molar-refractivity contribution in [3.8, 4) is 0 Å². The van der Waals surface area contributed by atoms with Crippen molar-refractivity contribution in [3.05, 3.63) is 29.1 Å². The van der Waals surface area contributed by atoms with Crippen molar-refractivity contribution in [2.45, 2.75) is 65.8 Å². The number of rotatable bonds is 5. The lowest BCUT2D eigenvalue weighted by molar-refractivity contribution is -0.133. The molecule has 0 radical (unpaired) electrons. The van der Waals surface area contributed by atoms with Crippen LogP contribution in [-0.2, 0) is 4.79 Å².